The molecule has 40 heavy (non-hydrogen) atoms. The second-order valence-electron chi connectivity index (χ2n) is 10.1. The number of halogens is 2. The summed E-state index contributed by atoms with van der Waals surface area (Å²) in [5.41, 5.74) is 5.99. The lowest BCUT2D eigenvalue weighted by Crippen LogP contribution is -2.51. The van der Waals surface area contributed by atoms with Crippen LogP contribution in [0, 0.1) is 11.6 Å². The molecule has 0 amide bonds. The SMILES string of the molecule is COC1CN(CCCOc2ccc(F)cc2)CCC1=O.COC1CN(CCCOc2ccc(F)cc2)CCC1N. The summed E-state index contributed by atoms with van der Waals surface area (Å²) in [6, 6.07) is 12.3. The highest BCUT2D eigenvalue weighted by Crippen LogP contribution is 2.15. The predicted octanol–water partition coefficient (Wildman–Crippen LogP) is 3.53. The summed E-state index contributed by atoms with van der Waals surface area (Å²) < 4.78 is 47.1. The van der Waals surface area contributed by atoms with Crippen LogP contribution >= 0.6 is 0 Å². The zero-order valence-corrected chi connectivity index (χ0v) is 23.6. The molecule has 2 N–H and O–H groups in total. The summed E-state index contributed by atoms with van der Waals surface area (Å²) in [7, 11) is 3.29. The zero-order valence-electron chi connectivity index (χ0n) is 23.6. The fourth-order valence-corrected chi connectivity index (χ4v) is 4.74. The first-order valence-corrected chi connectivity index (χ1v) is 13.9. The van der Waals surface area contributed by atoms with E-state index >= 15 is 0 Å². The van der Waals surface area contributed by atoms with Crippen LogP contribution in [0.25, 0.3) is 0 Å². The van der Waals surface area contributed by atoms with E-state index < -0.39 is 0 Å². The molecule has 2 heterocycles. The van der Waals surface area contributed by atoms with Crippen molar-refractivity contribution in [3.63, 3.8) is 0 Å². The van der Waals surface area contributed by atoms with Crippen LogP contribution in [0.2, 0.25) is 0 Å². The van der Waals surface area contributed by atoms with Crippen LogP contribution < -0.4 is 15.2 Å². The highest BCUT2D eigenvalue weighted by Gasteiger charge is 2.27. The highest BCUT2D eigenvalue weighted by atomic mass is 19.1. The molecule has 0 aromatic heterocycles. The van der Waals surface area contributed by atoms with Gasteiger partial charge < -0.3 is 29.6 Å². The maximum atomic E-state index is 12.7. The Morgan fingerprint density at radius 1 is 0.800 bits per heavy atom. The van der Waals surface area contributed by atoms with Crippen LogP contribution in [0.1, 0.15) is 25.7 Å². The van der Waals surface area contributed by atoms with Gasteiger partial charge in [0.2, 0.25) is 0 Å². The Morgan fingerprint density at radius 2 is 1.32 bits per heavy atom. The van der Waals surface area contributed by atoms with Gasteiger partial charge in [-0.2, -0.15) is 0 Å². The standard InChI is InChI=1S/C15H23FN2O2.C15H20FNO3/c1-19-15-11-18(9-7-14(15)17)8-2-10-20-13-5-3-12(16)4-6-13;1-19-15-11-17(9-7-14(15)18)8-2-10-20-13-5-3-12(16)4-6-13/h3-6,14-15H,2,7-11,17H2,1H3;3-6,15H,2,7-11H2,1H3. The van der Waals surface area contributed by atoms with Crippen LogP contribution in [0.3, 0.4) is 0 Å². The molecule has 0 aliphatic carbocycles. The molecule has 0 radical (unpaired) electrons. The van der Waals surface area contributed by atoms with Gasteiger partial charge in [-0.15, -0.1) is 0 Å². The van der Waals surface area contributed by atoms with Gasteiger partial charge in [-0.1, -0.05) is 0 Å². The molecule has 0 spiro atoms. The second-order valence-corrected chi connectivity index (χ2v) is 10.1. The maximum Gasteiger partial charge on any atom is 0.164 e. The molecule has 3 atom stereocenters. The summed E-state index contributed by atoms with van der Waals surface area (Å²) in [4.78, 5) is 16.1. The molecule has 2 fully saturated rings. The topological polar surface area (TPSA) is 86.5 Å². The zero-order chi connectivity index (χ0) is 28.7. The molecule has 4 rings (SSSR count). The lowest BCUT2D eigenvalue weighted by molar-refractivity contribution is -0.133. The molecule has 8 nitrogen and oxygen atoms in total. The molecule has 2 saturated heterocycles. The molecular weight excluding hydrogens is 520 g/mol. The summed E-state index contributed by atoms with van der Waals surface area (Å²) in [6.45, 7) is 6.38. The first-order chi connectivity index (χ1) is 19.4. The van der Waals surface area contributed by atoms with Crippen LogP contribution in [-0.4, -0.2) is 101 Å². The number of nitrogens with two attached hydrogens (primary N) is 1. The van der Waals surface area contributed by atoms with Crippen molar-refractivity contribution >= 4 is 5.78 Å². The number of hydrogen-bond donors (Lipinski definition) is 1. The van der Waals surface area contributed by atoms with Gasteiger partial charge in [0, 0.05) is 59.4 Å². The number of rotatable bonds is 12. The molecule has 0 saturated carbocycles. The van der Waals surface area contributed by atoms with Crippen molar-refractivity contribution in [3.8, 4) is 11.5 Å². The minimum absolute atomic E-state index is 0.127. The number of ether oxygens (including phenoxy) is 4. The highest BCUT2D eigenvalue weighted by molar-refractivity contribution is 5.84. The van der Waals surface area contributed by atoms with Crippen LogP contribution in [0.5, 0.6) is 11.5 Å². The van der Waals surface area contributed by atoms with Crippen molar-refractivity contribution in [2.45, 2.75) is 43.9 Å². The van der Waals surface area contributed by atoms with Crippen molar-refractivity contribution in [3.05, 3.63) is 60.2 Å². The number of piperidine rings is 2. The third-order valence-corrected chi connectivity index (χ3v) is 7.14. The molecule has 2 aromatic carbocycles. The molecule has 2 aromatic rings. The van der Waals surface area contributed by atoms with Gasteiger partial charge in [0.25, 0.3) is 0 Å². The van der Waals surface area contributed by atoms with Crippen LogP contribution in [0.15, 0.2) is 48.5 Å². The molecule has 10 heteroatoms. The number of carbonyl (C=O) groups excluding carboxylic acids is 1. The Labute approximate surface area is 236 Å². The Bertz CT molecular complexity index is 996. The van der Waals surface area contributed by atoms with Gasteiger partial charge in [-0.3, -0.25) is 9.69 Å². The van der Waals surface area contributed by atoms with Crippen LogP contribution in [0.4, 0.5) is 8.78 Å². The molecular formula is C30H43F2N3O5. The monoisotopic (exact) mass is 563 g/mol. The van der Waals surface area contributed by atoms with E-state index in [0.717, 1.165) is 52.0 Å². The Morgan fingerprint density at radius 3 is 1.82 bits per heavy atom. The van der Waals surface area contributed by atoms with Gasteiger partial charge in [0.1, 0.15) is 29.2 Å². The number of benzene rings is 2. The number of nitrogens with zero attached hydrogens (tertiary/aromatic N) is 2. The van der Waals surface area contributed by atoms with Gasteiger partial charge in [0.15, 0.2) is 5.78 Å². The van der Waals surface area contributed by atoms with Crippen molar-refractivity contribution in [1.29, 1.82) is 0 Å². The number of Topliss-reactive ketones (excluding diaryl/α,β-unsaturated/α-hetero) is 1. The number of carbonyl (C=O) groups is 1. The quantitative estimate of drug-likeness (QED) is 0.393. The van der Waals surface area contributed by atoms with E-state index in [-0.39, 0.29) is 35.7 Å². The fraction of sp³-hybridized carbons (Fsp3) is 0.567. The predicted molar refractivity (Wildman–Crippen MR) is 150 cm³/mol. The van der Waals surface area contributed by atoms with Gasteiger partial charge in [0.05, 0.1) is 19.3 Å². The molecule has 2 aliphatic heterocycles. The molecule has 0 bridgehead atoms. The van der Waals surface area contributed by atoms with Gasteiger partial charge in [-0.25, -0.2) is 8.78 Å². The van der Waals surface area contributed by atoms with E-state index in [1.807, 2.05) is 0 Å². The van der Waals surface area contributed by atoms with E-state index in [2.05, 4.69) is 9.80 Å². The smallest absolute Gasteiger partial charge is 0.164 e. The fourth-order valence-electron chi connectivity index (χ4n) is 4.74. The largest absolute Gasteiger partial charge is 0.494 e. The van der Waals surface area contributed by atoms with Gasteiger partial charge in [-0.05, 0) is 74.3 Å². The average molecular weight is 564 g/mol. The molecule has 2 aliphatic rings. The second kappa shape index (κ2) is 17.2. The number of likely N-dealkylation sites (tertiary alicyclic amines) is 2. The minimum atomic E-state index is -0.290. The van der Waals surface area contributed by atoms with E-state index in [0.29, 0.717) is 37.7 Å². The Hall–Kier alpha value is -2.63. The van der Waals surface area contributed by atoms with Crippen molar-refractivity contribution < 1.29 is 32.5 Å². The van der Waals surface area contributed by atoms with Crippen LogP contribution in [-0.2, 0) is 14.3 Å². The minimum Gasteiger partial charge on any atom is -0.494 e. The number of methoxy groups -OCH3 is 2. The van der Waals surface area contributed by atoms with E-state index in [1.54, 1.807) is 38.5 Å². The summed E-state index contributed by atoms with van der Waals surface area (Å²) >= 11 is 0. The molecule has 3 unspecified atom stereocenters. The number of hydrogen-bond acceptors (Lipinski definition) is 8. The average Bonchev–Trinajstić information content (AvgIpc) is 2.97. The Kier molecular flexibility index (Phi) is 13.7. The van der Waals surface area contributed by atoms with Crippen molar-refractivity contribution in [2.75, 3.05) is 66.7 Å². The van der Waals surface area contributed by atoms with E-state index in [9.17, 15) is 13.6 Å². The maximum absolute atomic E-state index is 12.7. The third kappa shape index (κ3) is 11.1. The van der Waals surface area contributed by atoms with Crippen molar-refractivity contribution in [2.24, 2.45) is 5.73 Å². The van der Waals surface area contributed by atoms with E-state index in [4.69, 9.17) is 24.7 Å². The lowest BCUT2D eigenvalue weighted by Gasteiger charge is -2.35. The molecule has 222 valence electrons. The summed E-state index contributed by atoms with van der Waals surface area (Å²) in [5.74, 6) is 1.07. The first-order valence-electron chi connectivity index (χ1n) is 13.9. The Balaban J connectivity index is 0.000000220. The first kappa shape index (κ1) is 31.9. The summed E-state index contributed by atoms with van der Waals surface area (Å²) in [6.07, 6.45) is 3.16. The van der Waals surface area contributed by atoms with Gasteiger partial charge >= 0.3 is 0 Å². The van der Waals surface area contributed by atoms with Crippen molar-refractivity contribution in [1.82, 2.24) is 9.80 Å². The number of ketones is 1. The van der Waals surface area contributed by atoms with E-state index in [1.165, 1.54) is 24.3 Å². The summed E-state index contributed by atoms with van der Waals surface area (Å²) in [5, 5.41) is 0. The lowest BCUT2D eigenvalue weighted by atomic mass is 10.0. The third-order valence-electron chi connectivity index (χ3n) is 7.14. The normalized spacial score (nSPS) is 21.9.